The van der Waals surface area contributed by atoms with Gasteiger partial charge in [-0.15, -0.1) is 0 Å². The topological polar surface area (TPSA) is 234 Å². The Morgan fingerprint density at radius 3 is 2.77 bits per heavy atom. The molecule has 210 valence electrons. The summed E-state index contributed by atoms with van der Waals surface area (Å²) in [4.78, 5) is 61.2. The Hall–Kier alpha value is -4.04. The molecule has 3 rings (SSSR count). The van der Waals surface area contributed by atoms with Gasteiger partial charge in [-0.05, 0) is 49.8 Å². The second-order valence-corrected chi connectivity index (χ2v) is 10.6. The first-order chi connectivity index (χ1) is 18.7. The first-order valence-corrected chi connectivity index (χ1v) is 13.6. The maximum Gasteiger partial charge on any atom is 0.315 e. The van der Waals surface area contributed by atoms with E-state index in [4.69, 9.17) is 11.3 Å². The summed E-state index contributed by atoms with van der Waals surface area (Å²) in [7, 11) is 0. The molecule has 16 heteroatoms. The van der Waals surface area contributed by atoms with E-state index >= 15 is 0 Å². The zero-order valence-electron chi connectivity index (χ0n) is 21.1. The number of nitrogens with two attached hydrogens (primary N) is 1. The van der Waals surface area contributed by atoms with Gasteiger partial charge >= 0.3 is 6.03 Å². The van der Waals surface area contributed by atoms with Crippen LogP contribution in [0.15, 0.2) is 23.3 Å². The second kappa shape index (κ2) is 14.2. The maximum absolute atomic E-state index is 12.7. The van der Waals surface area contributed by atoms with Gasteiger partial charge in [0.15, 0.2) is 0 Å². The van der Waals surface area contributed by atoms with Crippen molar-refractivity contribution in [2.75, 3.05) is 12.3 Å². The summed E-state index contributed by atoms with van der Waals surface area (Å²) in [5.41, 5.74) is 13.1. The molecule has 2 heterocycles. The average molecular weight is 562 g/mol. The van der Waals surface area contributed by atoms with Gasteiger partial charge in [0.1, 0.15) is 11.6 Å². The number of nitrogens with zero attached hydrogens (tertiary/aromatic N) is 4. The first-order valence-electron chi connectivity index (χ1n) is 12.6. The van der Waals surface area contributed by atoms with Crippen molar-refractivity contribution in [3.63, 3.8) is 0 Å². The quantitative estimate of drug-likeness (QED) is 0.0406. The van der Waals surface area contributed by atoms with E-state index < -0.39 is 28.5 Å². The third-order valence-electron chi connectivity index (χ3n) is 6.55. The van der Waals surface area contributed by atoms with E-state index in [-0.39, 0.29) is 41.7 Å². The van der Waals surface area contributed by atoms with Gasteiger partial charge in [-0.3, -0.25) is 24.5 Å². The Morgan fingerprint density at radius 2 is 2.05 bits per heavy atom. The number of azide groups is 1. The van der Waals surface area contributed by atoms with Crippen molar-refractivity contribution in [1.29, 1.82) is 0 Å². The predicted molar refractivity (Wildman–Crippen MR) is 143 cm³/mol. The lowest BCUT2D eigenvalue weighted by molar-refractivity contribution is -0.385. The highest BCUT2D eigenvalue weighted by Gasteiger charge is 2.42. The Kier molecular flexibility index (Phi) is 10.8. The van der Waals surface area contributed by atoms with Crippen LogP contribution in [-0.4, -0.2) is 64.3 Å². The fourth-order valence-corrected chi connectivity index (χ4v) is 6.11. The number of hydrogen-bond acceptors (Lipinski definition) is 8. The van der Waals surface area contributed by atoms with Crippen molar-refractivity contribution in [1.82, 2.24) is 21.3 Å². The molecule has 2 saturated heterocycles. The monoisotopic (exact) mass is 561 g/mol. The molecule has 2 fully saturated rings. The molecule has 5 amide bonds. The Labute approximate surface area is 228 Å². The highest BCUT2D eigenvalue weighted by Crippen LogP contribution is 2.33. The van der Waals surface area contributed by atoms with E-state index in [1.54, 1.807) is 0 Å². The third-order valence-corrected chi connectivity index (χ3v) is 8.06. The summed E-state index contributed by atoms with van der Waals surface area (Å²) in [6.07, 6.45) is 4.11. The van der Waals surface area contributed by atoms with E-state index in [0.717, 1.165) is 37.1 Å². The number of carbonyl (C=O) groups is 4. The number of carbonyl (C=O) groups excluding carboxylic acids is 4. The highest BCUT2D eigenvalue weighted by molar-refractivity contribution is 8.00. The molecule has 0 spiro atoms. The molecule has 4 atom stereocenters. The van der Waals surface area contributed by atoms with Crippen molar-refractivity contribution < 1.29 is 24.1 Å². The zero-order valence-corrected chi connectivity index (χ0v) is 21.9. The van der Waals surface area contributed by atoms with E-state index in [1.165, 1.54) is 6.07 Å². The number of primary amides is 1. The standard InChI is InChI=1S/C23H31N9O6S/c24-21(34)15(27-22(35)14-11-13(30-31-25)8-9-17(14)32(37)38)5-3-4-10-26-19(33)7-2-1-6-18-20-16(12-39-18)28-23(36)29-20/h8-9,11,15-16,18,20H,1-7,10,12H2,(H2,24,34)(H,26,33)(H,27,35)(H2,28,29,36). The molecule has 0 bridgehead atoms. The van der Waals surface area contributed by atoms with E-state index in [9.17, 15) is 29.3 Å². The second-order valence-electron chi connectivity index (χ2n) is 9.29. The first kappa shape index (κ1) is 29.5. The molecule has 6 N–H and O–H groups in total. The molecule has 0 aliphatic carbocycles. The molecular weight excluding hydrogens is 530 g/mol. The van der Waals surface area contributed by atoms with Crippen molar-refractivity contribution in [2.45, 2.75) is 68.3 Å². The number of fused-ring (bicyclic) bond motifs is 1. The minimum atomic E-state index is -1.08. The number of hydrogen-bond donors (Lipinski definition) is 5. The van der Waals surface area contributed by atoms with Crippen LogP contribution in [0.1, 0.15) is 55.3 Å². The van der Waals surface area contributed by atoms with E-state index in [2.05, 4.69) is 31.3 Å². The SMILES string of the molecule is [N-]=[N+]=Nc1ccc([N+](=O)[O-])c(C(=O)NC(CCCCNC(=O)CCCCC2SCC3NC(=O)NC32)C(N)=O)c1. The molecular formula is C23H31N9O6S. The normalized spacial score (nSPS) is 20.1. The van der Waals surface area contributed by atoms with Crippen molar-refractivity contribution in [3.05, 3.63) is 44.3 Å². The summed E-state index contributed by atoms with van der Waals surface area (Å²) in [6.45, 7) is 0.387. The molecule has 39 heavy (non-hydrogen) atoms. The fraction of sp³-hybridized carbons (Fsp3) is 0.565. The lowest BCUT2D eigenvalue weighted by Crippen LogP contribution is -2.44. The average Bonchev–Trinajstić information content (AvgIpc) is 3.44. The Bertz CT molecular complexity index is 1160. The Balaban J connectivity index is 1.35. The number of nitro benzene ring substituents is 1. The fourth-order valence-electron chi connectivity index (χ4n) is 4.56. The van der Waals surface area contributed by atoms with Gasteiger partial charge in [-0.25, -0.2) is 4.79 Å². The van der Waals surface area contributed by atoms with Crippen molar-refractivity contribution >= 4 is 46.9 Å². The van der Waals surface area contributed by atoms with Crippen LogP contribution in [0.5, 0.6) is 0 Å². The van der Waals surface area contributed by atoms with Gasteiger partial charge in [0, 0.05) is 40.6 Å². The molecule has 1 aromatic carbocycles. The van der Waals surface area contributed by atoms with Crippen LogP contribution in [0.2, 0.25) is 0 Å². The zero-order chi connectivity index (χ0) is 28.4. The van der Waals surface area contributed by atoms with E-state index in [0.29, 0.717) is 31.1 Å². The van der Waals surface area contributed by atoms with Crippen LogP contribution in [0.4, 0.5) is 16.2 Å². The molecule has 0 radical (unpaired) electrons. The Morgan fingerprint density at radius 1 is 1.26 bits per heavy atom. The lowest BCUT2D eigenvalue weighted by atomic mass is 10.0. The molecule has 2 aliphatic heterocycles. The van der Waals surface area contributed by atoms with Crippen LogP contribution in [0.3, 0.4) is 0 Å². The van der Waals surface area contributed by atoms with Crippen molar-refractivity contribution in [3.8, 4) is 0 Å². The molecule has 1 aromatic rings. The number of thioether (sulfide) groups is 1. The summed E-state index contributed by atoms with van der Waals surface area (Å²) in [5, 5.41) is 26.1. The van der Waals surface area contributed by atoms with Crippen LogP contribution >= 0.6 is 11.8 Å². The maximum atomic E-state index is 12.7. The summed E-state index contributed by atoms with van der Waals surface area (Å²) < 4.78 is 0. The summed E-state index contributed by atoms with van der Waals surface area (Å²) in [6, 6.07) is 2.45. The number of unbranched alkanes of at least 4 members (excludes halogenated alkanes) is 2. The third kappa shape index (κ3) is 8.48. The molecule has 0 aromatic heterocycles. The van der Waals surface area contributed by atoms with Gasteiger partial charge in [-0.2, -0.15) is 11.8 Å². The lowest BCUT2D eigenvalue weighted by Gasteiger charge is -2.16. The number of nitro groups is 1. The van der Waals surface area contributed by atoms with Gasteiger partial charge < -0.3 is 27.0 Å². The minimum absolute atomic E-state index is 0.00490. The van der Waals surface area contributed by atoms with Crippen LogP contribution in [0.25, 0.3) is 10.4 Å². The molecule has 2 aliphatic rings. The summed E-state index contributed by atoms with van der Waals surface area (Å²) in [5.74, 6) is -0.873. The van der Waals surface area contributed by atoms with Crippen LogP contribution in [0, 0.1) is 10.1 Å². The van der Waals surface area contributed by atoms with Crippen molar-refractivity contribution in [2.24, 2.45) is 10.8 Å². The number of nitrogens with one attached hydrogen (secondary N) is 4. The van der Waals surface area contributed by atoms with Gasteiger partial charge in [0.05, 0.1) is 17.0 Å². The number of rotatable bonds is 15. The van der Waals surface area contributed by atoms with Gasteiger partial charge in [0.2, 0.25) is 11.8 Å². The van der Waals surface area contributed by atoms with E-state index in [1.807, 2.05) is 11.8 Å². The predicted octanol–water partition coefficient (Wildman–Crippen LogP) is 2.13. The van der Waals surface area contributed by atoms with Gasteiger partial charge in [0.25, 0.3) is 11.6 Å². The minimum Gasteiger partial charge on any atom is -0.368 e. The van der Waals surface area contributed by atoms with Crippen LogP contribution < -0.4 is 27.0 Å². The summed E-state index contributed by atoms with van der Waals surface area (Å²) >= 11 is 1.84. The molecule has 0 saturated carbocycles. The van der Waals surface area contributed by atoms with Gasteiger partial charge in [-0.1, -0.05) is 11.5 Å². The van der Waals surface area contributed by atoms with Crippen LogP contribution in [-0.2, 0) is 9.59 Å². The highest BCUT2D eigenvalue weighted by atomic mass is 32.2. The number of amides is 5. The number of urea groups is 1. The molecule has 15 nitrogen and oxygen atoms in total. The number of benzene rings is 1. The largest absolute Gasteiger partial charge is 0.368 e. The molecule has 4 unspecified atom stereocenters. The smallest absolute Gasteiger partial charge is 0.315 e.